The molecule has 0 fully saturated rings. The molecule has 1 aliphatic heterocycles. The van der Waals surface area contributed by atoms with Crippen molar-refractivity contribution in [3.05, 3.63) is 41.1 Å². The number of hydrogen-bond acceptors (Lipinski definition) is 4. The Balaban J connectivity index is 2.52. The Bertz CT molecular complexity index is 637. The number of ether oxygens (including phenoxy) is 2. The number of esters is 1. The fraction of sp³-hybridized carbons (Fsp3) is 0.444. The Morgan fingerprint density at radius 1 is 1.25 bits per heavy atom. The van der Waals surface area contributed by atoms with Crippen molar-refractivity contribution in [3.63, 3.8) is 0 Å². The lowest BCUT2D eigenvalue weighted by Crippen LogP contribution is -2.46. The van der Waals surface area contributed by atoms with Crippen molar-refractivity contribution in [2.45, 2.75) is 32.7 Å². The van der Waals surface area contributed by atoms with E-state index in [4.69, 9.17) is 9.47 Å². The molecule has 1 heterocycles. The fourth-order valence-electron chi connectivity index (χ4n) is 2.79. The molecule has 24 heavy (non-hydrogen) atoms. The van der Waals surface area contributed by atoms with Crippen LogP contribution in [0.5, 0.6) is 5.75 Å². The number of urea groups is 1. The summed E-state index contributed by atoms with van der Waals surface area (Å²) in [7, 11) is 3.26. The van der Waals surface area contributed by atoms with Gasteiger partial charge in [0.25, 0.3) is 0 Å². The Morgan fingerprint density at radius 3 is 2.46 bits per heavy atom. The van der Waals surface area contributed by atoms with E-state index in [0.717, 1.165) is 12.0 Å². The summed E-state index contributed by atoms with van der Waals surface area (Å²) in [4.78, 5) is 26.4. The van der Waals surface area contributed by atoms with E-state index in [0.29, 0.717) is 23.4 Å². The summed E-state index contributed by atoms with van der Waals surface area (Å²) in [5.74, 6) is 0.321. The molecular weight excluding hydrogens is 308 g/mol. The summed E-state index contributed by atoms with van der Waals surface area (Å²) >= 11 is 0. The normalized spacial score (nSPS) is 17.6. The molecule has 1 unspecified atom stereocenters. The molecule has 1 aromatic carbocycles. The molecule has 1 aromatic rings. The topological polar surface area (TPSA) is 67.9 Å². The summed E-state index contributed by atoms with van der Waals surface area (Å²) in [6, 6.07) is 6.55. The highest BCUT2D eigenvalue weighted by atomic mass is 16.5. The number of nitrogens with zero attached hydrogens (tertiary/aromatic N) is 1. The number of nitrogens with one attached hydrogen (secondary N) is 1. The molecule has 0 bridgehead atoms. The maximum atomic E-state index is 12.6. The van der Waals surface area contributed by atoms with Gasteiger partial charge in [0.2, 0.25) is 0 Å². The van der Waals surface area contributed by atoms with Gasteiger partial charge in [-0.15, -0.1) is 0 Å². The Morgan fingerprint density at radius 2 is 1.92 bits per heavy atom. The van der Waals surface area contributed by atoms with Gasteiger partial charge in [0.15, 0.2) is 0 Å². The minimum absolute atomic E-state index is 0.229. The van der Waals surface area contributed by atoms with Crippen molar-refractivity contribution in [2.24, 2.45) is 0 Å². The number of benzene rings is 1. The minimum atomic E-state index is -0.528. The van der Waals surface area contributed by atoms with E-state index in [2.05, 4.69) is 5.32 Å². The zero-order valence-electron chi connectivity index (χ0n) is 14.6. The first-order valence-corrected chi connectivity index (χ1v) is 8.11. The van der Waals surface area contributed by atoms with Gasteiger partial charge in [-0.3, -0.25) is 0 Å². The van der Waals surface area contributed by atoms with Crippen LogP contribution < -0.4 is 10.1 Å². The zero-order valence-corrected chi connectivity index (χ0v) is 14.6. The van der Waals surface area contributed by atoms with Gasteiger partial charge in [-0.2, -0.15) is 0 Å². The van der Waals surface area contributed by atoms with Crippen molar-refractivity contribution < 1.29 is 19.1 Å². The maximum absolute atomic E-state index is 12.6. The second-order valence-corrected chi connectivity index (χ2v) is 5.55. The third kappa shape index (κ3) is 3.53. The van der Waals surface area contributed by atoms with Gasteiger partial charge in [-0.25, -0.2) is 9.59 Å². The average Bonchev–Trinajstić information content (AvgIpc) is 2.59. The Labute approximate surface area is 142 Å². The van der Waals surface area contributed by atoms with Crippen molar-refractivity contribution in [3.8, 4) is 5.75 Å². The van der Waals surface area contributed by atoms with E-state index in [1.807, 2.05) is 31.2 Å². The maximum Gasteiger partial charge on any atom is 0.338 e. The van der Waals surface area contributed by atoms with Gasteiger partial charge in [0.1, 0.15) is 5.75 Å². The van der Waals surface area contributed by atoms with Crippen LogP contribution in [0, 0.1) is 0 Å². The molecule has 130 valence electrons. The number of allylic oxidation sites excluding steroid dienone is 1. The molecule has 2 rings (SSSR count). The van der Waals surface area contributed by atoms with Crippen molar-refractivity contribution in [1.29, 1.82) is 0 Å². The first-order chi connectivity index (χ1) is 11.5. The quantitative estimate of drug-likeness (QED) is 0.813. The lowest BCUT2D eigenvalue weighted by atomic mass is 9.93. The lowest BCUT2D eigenvalue weighted by Gasteiger charge is -2.34. The van der Waals surface area contributed by atoms with Crippen LogP contribution in [0.2, 0.25) is 0 Å². The van der Waals surface area contributed by atoms with E-state index in [1.54, 1.807) is 21.1 Å². The molecular formula is C18H24N2O4. The van der Waals surface area contributed by atoms with Crippen LogP contribution in [0.15, 0.2) is 35.5 Å². The monoisotopic (exact) mass is 332 g/mol. The highest BCUT2D eigenvalue weighted by molar-refractivity contribution is 5.95. The first-order valence-electron chi connectivity index (χ1n) is 8.11. The Kier molecular flexibility index (Phi) is 5.84. The lowest BCUT2D eigenvalue weighted by molar-refractivity contribution is -0.139. The van der Waals surface area contributed by atoms with Gasteiger partial charge in [-0.1, -0.05) is 25.5 Å². The Hall–Kier alpha value is -2.50. The summed E-state index contributed by atoms with van der Waals surface area (Å²) in [6.07, 6.45) is 1.45. The molecule has 0 saturated carbocycles. The van der Waals surface area contributed by atoms with Crippen molar-refractivity contribution in [2.75, 3.05) is 20.8 Å². The largest absolute Gasteiger partial charge is 0.497 e. The summed E-state index contributed by atoms with van der Waals surface area (Å²) in [6.45, 7) is 4.07. The third-order valence-corrected chi connectivity index (χ3v) is 4.01. The SMILES string of the molecule is CCCC1=C(C(=O)OCC)C(c2ccc(OC)cc2)NC(=O)N1C. The number of carbonyl (C=O) groups is 2. The zero-order chi connectivity index (χ0) is 17.7. The van der Waals surface area contributed by atoms with E-state index >= 15 is 0 Å². The van der Waals surface area contributed by atoms with E-state index in [9.17, 15) is 9.59 Å². The van der Waals surface area contributed by atoms with Crippen LogP contribution in [0.1, 0.15) is 38.3 Å². The van der Waals surface area contributed by atoms with Gasteiger partial charge in [0.05, 0.1) is 25.3 Å². The smallest absolute Gasteiger partial charge is 0.338 e. The van der Waals surface area contributed by atoms with E-state index in [1.165, 1.54) is 4.90 Å². The molecule has 0 aliphatic carbocycles. The molecule has 1 atom stereocenters. The second kappa shape index (κ2) is 7.86. The molecule has 1 aliphatic rings. The van der Waals surface area contributed by atoms with Crippen LogP contribution in [-0.4, -0.2) is 37.7 Å². The first kappa shape index (κ1) is 17.8. The number of carbonyl (C=O) groups excluding carboxylic acids is 2. The fourth-order valence-corrected chi connectivity index (χ4v) is 2.79. The molecule has 6 nitrogen and oxygen atoms in total. The molecule has 0 radical (unpaired) electrons. The van der Waals surface area contributed by atoms with Crippen LogP contribution >= 0.6 is 0 Å². The molecule has 0 spiro atoms. The van der Waals surface area contributed by atoms with Crippen molar-refractivity contribution in [1.82, 2.24) is 10.2 Å². The summed E-state index contributed by atoms with van der Waals surface area (Å²) in [5.41, 5.74) is 2.01. The van der Waals surface area contributed by atoms with Gasteiger partial charge < -0.3 is 19.7 Å². The predicted octanol–water partition coefficient (Wildman–Crippen LogP) is 3.01. The highest BCUT2D eigenvalue weighted by Crippen LogP contribution is 2.33. The second-order valence-electron chi connectivity index (χ2n) is 5.55. The molecule has 1 N–H and O–H groups in total. The summed E-state index contributed by atoms with van der Waals surface area (Å²) in [5, 5.41) is 2.89. The number of methoxy groups -OCH3 is 1. The molecule has 2 amide bonds. The van der Waals surface area contributed by atoms with Gasteiger partial charge in [0, 0.05) is 12.7 Å². The minimum Gasteiger partial charge on any atom is -0.497 e. The number of amides is 2. The van der Waals surface area contributed by atoms with Crippen molar-refractivity contribution >= 4 is 12.0 Å². The third-order valence-electron chi connectivity index (χ3n) is 4.01. The predicted molar refractivity (Wildman–Crippen MR) is 90.6 cm³/mol. The van der Waals surface area contributed by atoms with Gasteiger partial charge in [-0.05, 0) is 31.0 Å². The average molecular weight is 332 g/mol. The van der Waals surface area contributed by atoms with Crippen LogP contribution in [0.3, 0.4) is 0 Å². The van der Waals surface area contributed by atoms with Crippen LogP contribution in [0.4, 0.5) is 4.79 Å². The number of hydrogen-bond donors (Lipinski definition) is 1. The van der Waals surface area contributed by atoms with Gasteiger partial charge >= 0.3 is 12.0 Å². The summed E-state index contributed by atoms with van der Waals surface area (Å²) < 4.78 is 10.4. The molecule has 0 aromatic heterocycles. The molecule has 6 heteroatoms. The standard InChI is InChI=1S/C18H24N2O4/c1-5-7-14-15(17(21)24-6-2)16(19-18(22)20(14)3)12-8-10-13(23-4)11-9-12/h8-11,16H,5-7H2,1-4H3,(H,19,22). The molecule has 0 saturated heterocycles. The van der Waals surface area contributed by atoms with E-state index in [-0.39, 0.29) is 12.6 Å². The number of rotatable bonds is 6. The van der Waals surface area contributed by atoms with Crippen LogP contribution in [0.25, 0.3) is 0 Å². The highest BCUT2D eigenvalue weighted by Gasteiger charge is 2.36. The van der Waals surface area contributed by atoms with Crippen LogP contribution in [-0.2, 0) is 9.53 Å². The van der Waals surface area contributed by atoms with E-state index < -0.39 is 12.0 Å².